The fourth-order valence-corrected chi connectivity index (χ4v) is 1.87. The van der Waals surface area contributed by atoms with Crippen LogP contribution in [0.5, 0.6) is 0 Å². The maximum Gasteiger partial charge on any atom is 0.410 e. The Morgan fingerprint density at radius 1 is 0.826 bits per heavy atom. The lowest BCUT2D eigenvalue weighted by molar-refractivity contribution is -0.145. The molecule has 0 aliphatic rings. The molecule has 120 valence electrons. The van der Waals surface area contributed by atoms with Gasteiger partial charge in [0.2, 0.25) is 0 Å². The largest absolute Gasteiger partial charge is 0.459 e. The van der Waals surface area contributed by atoms with Gasteiger partial charge in [0, 0.05) is 7.05 Å². The van der Waals surface area contributed by atoms with E-state index in [1.807, 2.05) is 60.7 Å². The Kier molecular flexibility index (Phi) is 6.17. The number of esters is 1. The highest BCUT2D eigenvalue weighted by molar-refractivity contribution is 5.77. The van der Waals surface area contributed by atoms with Crippen molar-refractivity contribution < 1.29 is 19.1 Å². The molecular formula is C18H19NO4. The molecule has 5 nitrogen and oxygen atoms in total. The minimum Gasteiger partial charge on any atom is -0.459 e. The highest BCUT2D eigenvalue weighted by Gasteiger charge is 2.15. The van der Waals surface area contributed by atoms with Gasteiger partial charge in [0.25, 0.3) is 0 Å². The van der Waals surface area contributed by atoms with Gasteiger partial charge in [-0.1, -0.05) is 60.7 Å². The van der Waals surface area contributed by atoms with Gasteiger partial charge in [-0.3, -0.25) is 4.79 Å². The maximum absolute atomic E-state index is 11.8. The zero-order chi connectivity index (χ0) is 16.5. The van der Waals surface area contributed by atoms with Gasteiger partial charge in [-0.25, -0.2) is 4.79 Å². The van der Waals surface area contributed by atoms with Crippen LogP contribution in [-0.4, -0.2) is 30.6 Å². The molecule has 2 rings (SSSR count). The summed E-state index contributed by atoms with van der Waals surface area (Å²) >= 11 is 0. The predicted octanol–water partition coefficient (Wildman–Crippen LogP) is 3.00. The average Bonchev–Trinajstić information content (AvgIpc) is 2.59. The zero-order valence-electron chi connectivity index (χ0n) is 13.0. The second kappa shape index (κ2) is 8.58. The van der Waals surface area contributed by atoms with E-state index < -0.39 is 12.1 Å². The van der Waals surface area contributed by atoms with Gasteiger partial charge < -0.3 is 14.4 Å². The second-order valence-corrected chi connectivity index (χ2v) is 5.04. The number of rotatable bonds is 6. The van der Waals surface area contributed by atoms with Gasteiger partial charge in [0.15, 0.2) is 0 Å². The Morgan fingerprint density at radius 2 is 1.30 bits per heavy atom. The van der Waals surface area contributed by atoms with Crippen molar-refractivity contribution in [1.82, 2.24) is 4.90 Å². The van der Waals surface area contributed by atoms with Gasteiger partial charge >= 0.3 is 12.1 Å². The fraction of sp³-hybridized carbons (Fsp3) is 0.222. The summed E-state index contributed by atoms with van der Waals surface area (Å²) in [5.74, 6) is -0.479. The molecule has 0 aliphatic carbocycles. The molecule has 0 fully saturated rings. The van der Waals surface area contributed by atoms with E-state index in [1.165, 1.54) is 11.9 Å². The number of carbonyl (C=O) groups excluding carboxylic acids is 2. The molecule has 0 aromatic heterocycles. The molecule has 1 amide bonds. The van der Waals surface area contributed by atoms with E-state index in [-0.39, 0.29) is 19.8 Å². The lowest BCUT2D eigenvalue weighted by Gasteiger charge is -2.16. The quantitative estimate of drug-likeness (QED) is 0.769. The van der Waals surface area contributed by atoms with Crippen LogP contribution in [0.4, 0.5) is 4.79 Å². The van der Waals surface area contributed by atoms with E-state index in [9.17, 15) is 9.59 Å². The third kappa shape index (κ3) is 5.82. The summed E-state index contributed by atoms with van der Waals surface area (Å²) in [4.78, 5) is 24.7. The number of likely N-dealkylation sites (N-methyl/N-ethyl adjacent to an activating group) is 1. The van der Waals surface area contributed by atoms with Crippen molar-refractivity contribution in [3.63, 3.8) is 0 Å². The molecule has 0 heterocycles. The minimum absolute atomic E-state index is 0.152. The van der Waals surface area contributed by atoms with Gasteiger partial charge in [0.1, 0.15) is 19.8 Å². The first-order chi connectivity index (χ1) is 11.1. The lowest BCUT2D eigenvalue weighted by atomic mass is 10.2. The highest BCUT2D eigenvalue weighted by atomic mass is 16.6. The molecule has 0 unspecified atom stereocenters. The van der Waals surface area contributed by atoms with Gasteiger partial charge in [-0.2, -0.15) is 0 Å². The molecule has 5 heteroatoms. The smallest absolute Gasteiger partial charge is 0.410 e. The van der Waals surface area contributed by atoms with Crippen LogP contribution in [0.1, 0.15) is 11.1 Å². The normalized spacial score (nSPS) is 9.96. The average molecular weight is 313 g/mol. The standard InChI is InChI=1S/C18H19NO4/c1-19(18(21)23-14-16-10-6-3-7-11-16)12-17(20)22-13-15-8-4-2-5-9-15/h2-11H,12-14H2,1H3. The molecule has 23 heavy (non-hydrogen) atoms. The fourth-order valence-electron chi connectivity index (χ4n) is 1.87. The summed E-state index contributed by atoms with van der Waals surface area (Å²) in [5.41, 5.74) is 1.79. The zero-order valence-corrected chi connectivity index (χ0v) is 13.0. The number of carbonyl (C=O) groups is 2. The number of amides is 1. The number of nitrogens with zero attached hydrogens (tertiary/aromatic N) is 1. The minimum atomic E-state index is -0.564. The molecular weight excluding hydrogens is 294 g/mol. The molecule has 0 saturated heterocycles. The monoisotopic (exact) mass is 313 g/mol. The number of benzene rings is 2. The Hall–Kier alpha value is -2.82. The van der Waals surface area contributed by atoms with Crippen LogP contribution < -0.4 is 0 Å². The third-order valence-corrected chi connectivity index (χ3v) is 3.13. The van der Waals surface area contributed by atoms with Crippen molar-refractivity contribution in [2.24, 2.45) is 0 Å². The van der Waals surface area contributed by atoms with Crippen LogP contribution in [0.25, 0.3) is 0 Å². The van der Waals surface area contributed by atoms with Gasteiger partial charge in [0.05, 0.1) is 0 Å². The number of ether oxygens (including phenoxy) is 2. The van der Waals surface area contributed by atoms with Gasteiger partial charge in [-0.05, 0) is 11.1 Å². The van der Waals surface area contributed by atoms with E-state index in [0.717, 1.165) is 11.1 Å². The van der Waals surface area contributed by atoms with Crippen molar-refractivity contribution in [2.75, 3.05) is 13.6 Å². The van der Waals surface area contributed by atoms with E-state index in [1.54, 1.807) is 0 Å². The van der Waals surface area contributed by atoms with E-state index in [2.05, 4.69) is 0 Å². The maximum atomic E-state index is 11.8. The molecule has 0 radical (unpaired) electrons. The Morgan fingerprint density at radius 3 is 1.83 bits per heavy atom. The molecule has 0 spiro atoms. The molecule has 0 bridgehead atoms. The molecule has 0 N–H and O–H groups in total. The predicted molar refractivity (Wildman–Crippen MR) is 85.5 cm³/mol. The number of hydrogen-bond donors (Lipinski definition) is 0. The van der Waals surface area contributed by atoms with E-state index >= 15 is 0 Å². The Balaban J connectivity index is 1.71. The van der Waals surface area contributed by atoms with E-state index in [4.69, 9.17) is 9.47 Å². The van der Waals surface area contributed by atoms with Crippen molar-refractivity contribution >= 4 is 12.1 Å². The van der Waals surface area contributed by atoms with Crippen molar-refractivity contribution in [3.8, 4) is 0 Å². The summed E-state index contributed by atoms with van der Waals surface area (Å²) in [6, 6.07) is 18.7. The summed E-state index contributed by atoms with van der Waals surface area (Å²) in [7, 11) is 1.50. The van der Waals surface area contributed by atoms with Crippen molar-refractivity contribution in [1.29, 1.82) is 0 Å². The van der Waals surface area contributed by atoms with Crippen LogP contribution in [-0.2, 0) is 27.5 Å². The summed E-state index contributed by atoms with van der Waals surface area (Å²) in [6.45, 7) is 0.204. The van der Waals surface area contributed by atoms with E-state index in [0.29, 0.717) is 0 Å². The number of hydrogen-bond acceptors (Lipinski definition) is 4. The lowest BCUT2D eigenvalue weighted by Crippen LogP contribution is -2.33. The summed E-state index contributed by atoms with van der Waals surface area (Å²) in [5, 5.41) is 0. The summed E-state index contributed by atoms with van der Waals surface area (Å²) in [6.07, 6.45) is -0.564. The van der Waals surface area contributed by atoms with Crippen LogP contribution in [0, 0.1) is 0 Å². The second-order valence-electron chi connectivity index (χ2n) is 5.04. The highest BCUT2D eigenvalue weighted by Crippen LogP contribution is 2.04. The Labute approximate surface area is 135 Å². The first kappa shape index (κ1) is 16.5. The molecule has 2 aromatic carbocycles. The van der Waals surface area contributed by atoms with Crippen molar-refractivity contribution in [2.45, 2.75) is 13.2 Å². The third-order valence-electron chi connectivity index (χ3n) is 3.13. The SMILES string of the molecule is CN(CC(=O)OCc1ccccc1)C(=O)OCc1ccccc1. The molecule has 0 aliphatic heterocycles. The van der Waals surface area contributed by atoms with Gasteiger partial charge in [-0.15, -0.1) is 0 Å². The molecule has 0 saturated carbocycles. The van der Waals surface area contributed by atoms with Crippen LogP contribution in [0.2, 0.25) is 0 Å². The summed E-state index contributed by atoms with van der Waals surface area (Å²) < 4.78 is 10.3. The first-order valence-electron chi connectivity index (χ1n) is 7.26. The topological polar surface area (TPSA) is 55.8 Å². The van der Waals surface area contributed by atoms with Crippen LogP contribution >= 0.6 is 0 Å². The molecule has 2 aromatic rings. The van der Waals surface area contributed by atoms with Crippen molar-refractivity contribution in [3.05, 3.63) is 71.8 Å². The van der Waals surface area contributed by atoms with Crippen LogP contribution in [0.3, 0.4) is 0 Å². The first-order valence-corrected chi connectivity index (χ1v) is 7.26. The Bertz CT molecular complexity index is 628. The molecule has 0 atom stereocenters. The van der Waals surface area contributed by atoms with Crippen LogP contribution in [0.15, 0.2) is 60.7 Å².